The Labute approximate surface area is 339 Å². The summed E-state index contributed by atoms with van der Waals surface area (Å²) in [7, 11) is 4.92. The molecule has 18 heteroatoms. The van der Waals surface area contributed by atoms with E-state index in [1.807, 2.05) is 25.2 Å². The van der Waals surface area contributed by atoms with Crippen molar-refractivity contribution < 1.29 is 47.3 Å². The molecule has 0 unspecified atom stereocenters. The Morgan fingerprint density at radius 1 is 1.00 bits per heavy atom. The number of benzene rings is 2. The summed E-state index contributed by atoms with van der Waals surface area (Å²) in [5, 5.41) is 8.85. The van der Waals surface area contributed by atoms with E-state index < -0.39 is 47.9 Å². The van der Waals surface area contributed by atoms with Crippen LogP contribution in [0.2, 0.25) is 0 Å². The molecule has 0 spiro atoms. The number of esters is 2. The fraction of sp³-hybridized carbons (Fsp3) is 0.262. The number of fused-ring (bicyclic) bond motifs is 5. The number of rotatable bonds is 10. The van der Waals surface area contributed by atoms with Crippen LogP contribution in [0.3, 0.4) is 0 Å². The largest absolute Gasteiger partial charge is 0.478 e. The normalized spacial score (nSPS) is 16.5. The van der Waals surface area contributed by atoms with Gasteiger partial charge in [-0.05, 0) is 31.0 Å². The quantitative estimate of drug-likeness (QED) is 0.105. The first-order valence-corrected chi connectivity index (χ1v) is 18.8. The molecular weight excluding hydrogens is 784 g/mol. The average Bonchev–Trinajstić information content (AvgIpc) is 3.93. The molecule has 2 fully saturated rings. The summed E-state index contributed by atoms with van der Waals surface area (Å²) in [6.07, 6.45) is 5.39. The van der Waals surface area contributed by atoms with Gasteiger partial charge in [-0.3, -0.25) is 9.69 Å². The van der Waals surface area contributed by atoms with Gasteiger partial charge in [0.15, 0.2) is 11.6 Å². The van der Waals surface area contributed by atoms with Crippen LogP contribution in [0.4, 0.5) is 25.0 Å². The number of H-pyrrole nitrogens is 1. The molecule has 0 saturated carbocycles. The Bertz CT molecular complexity index is 2830. The van der Waals surface area contributed by atoms with E-state index in [-0.39, 0.29) is 57.1 Å². The number of carbonyl (C=O) groups is 4. The minimum absolute atomic E-state index is 0.0130. The van der Waals surface area contributed by atoms with Gasteiger partial charge in [0.05, 0.1) is 33.1 Å². The van der Waals surface area contributed by atoms with Gasteiger partial charge < -0.3 is 38.7 Å². The smallest absolute Gasteiger partial charge is 0.416 e. The molecule has 0 bridgehead atoms. The fourth-order valence-electron chi connectivity index (χ4n) is 8.13. The van der Waals surface area contributed by atoms with Crippen molar-refractivity contribution >= 4 is 68.3 Å². The maximum Gasteiger partial charge on any atom is 0.416 e. The highest BCUT2D eigenvalue weighted by Crippen LogP contribution is 2.47. The topological polar surface area (TPSA) is 189 Å². The Kier molecular flexibility index (Phi) is 10.5. The summed E-state index contributed by atoms with van der Waals surface area (Å²) >= 11 is 0. The number of aryl methyl sites for hydroxylation is 1. The Balaban J connectivity index is 1.24. The van der Waals surface area contributed by atoms with Crippen LogP contribution in [0, 0.1) is 17.6 Å². The molecule has 2 saturated heterocycles. The number of carboxylic acid groups (broad SMARTS) is 1. The maximum absolute atomic E-state index is 16.4. The fourth-order valence-corrected chi connectivity index (χ4v) is 8.13. The van der Waals surface area contributed by atoms with E-state index in [2.05, 4.69) is 24.8 Å². The molecule has 2 aliphatic heterocycles. The highest BCUT2D eigenvalue weighted by molar-refractivity contribution is 6.19. The first-order valence-electron chi connectivity index (χ1n) is 18.8. The Hall–Kier alpha value is -7.21. The van der Waals surface area contributed by atoms with Crippen LogP contribution in [-0.4, -0.2) is 100 Å². The summed E-state index contributed by atoms with van der Waals surface area (Å²) in [5.74, 6) is -5.49. The van der Waals surface area contributed by atoms with Crippen molar-refractivity contribution in [3.63, 3.8) is 0 Å². The van der Waals surface area contributed by atoms with Crippen molar-refractivity contribution in [3.8, 4) is 11.1 Å². The number of likely N-dealkylation sites (N-methyl/N-ethyl adjacent to an activating group) is 1. The van der Waals surface area contributed by atoms with Crippen LogP contribution in [0.5, 0.6) is 0 Å². The first-order chi connectivity index (χ1) is 28.8. The van der Waals surface area contributed by atoms with Gasteiger partial charge in [0, 0.05) is 87.7 Å². The molecule has 2 N–H and O–H groups in total. The number of carbonyl (C=O) groups excluding carboxylic acids is 3. The standard InChI is InChI=1S/C42H37F2N7O9/c1-48-17-23-11-12-51(30(23)19-48)37-26(24-13-25-38(55)27(18-49(2)40(25)46-15-24)41(56)58-20-22-7-5-4-6-8-22)16-45-39-34(37)33-35(44)28(43)14-29(36(33)47-39)50(3)42(57)60-21-59-32(54)10-9-31(52)53/h4-10,13-16,18,23,30H,11-12,17,19-21H2,1-3H3,(H,45,47)(H,52,53)/b10-9+/t23-,30+/m1/s1. The van der Waals surface area contributed by atoms with Crippen LogP contribution in [-0.2, 0) is 37.5 Å². The zero-order chi connectivity index (χ0) is 42.4. The third kappa shape index (κ3) is 7.25. The molecule has 0 radical (unpaired) electrons. The van der Waals surface area contributed by atoms with Crippen molar-refractivity contribution in [2.75, 3.05) is 50.3 Å². The van der Waals surface area contributed by atoms with Gasteiger partial charge >= 0.3 is 24.0 Å². The van der Waals surface area contributed by atoms with Crippen molar-refractivity contribution in [1.29, 1.82) is 0 Å². The van der Waals surface area contributed by atoms with E-state index in [9.17, 15) is 24.0 Å². The number of carboxylic acids is 1. The third-order valence-electron chi connectivity index (χ3n) is 10.9. The van der Waals surface area contributed by atoms with E-state index in [1.54, 1.807) is 42.2 Å². The second-order valence-electron chi connectivity index (χ2n) is 14.7. The summed E-state index contributed by atoms with van der Waals surface area (Å²) in [6.45, 7) is 1.16. The van der Waals surface area contributed by atoms with Gasteiger partial charge in [-0.25, -0.2) is 37.9 Å². The number of aliphatic carboxylic acids is 1. The number of ether oxygens (including phenoxy) is 3. The predicted octanol–water partition coefficient (Wildman–Crippen LogP) is 5.12. The SMILES string of the molecule is CN1C[C@H]2CCN(c3c(-c4cnc5c(c4)c(=O)c(C(=O)OCc4ccccc4)cn5C)cnc4[nH]c5c(N(C)C(=O)OCOC(=O)/C=C/C(=O)O)cc(F)c(F)c5c34)[C@H]2C1. The highest BCUT2D eigenvalue weighted by Gasteiger charge is 2.42. The molecule has 4 aromatic heterocycles. The number of halogens is 2. The van der Waals surface area contributed by atoms with Gasteiger partial charge in [0.25, 0.3) is 0 Å². The summed E-state index contributed by atoms with van der Waals surface area (Å²) in [6, 6.07) is 11.5. The van der Waals surface area contributed by atoms with Gasteiger partial charge in [0.1, 0.15) is 23.5 Å². The highest BCUT2D eigenvalue weighted by atomic mass is 19.2. The number of anilines is 2. The molecule has 60 heavy (non-hydrogen) atoms. The van der Waals surface area contributed by atoms with Crippen molar-refractivity contribution in [1.82, 2.24) is 24.4 Å². The van der Waals surface area contributed by atoms with E-state index in [0.717, 1.165) is 29.5 Å². The van der Waals surface area contributed by atoms with Crippen molar-refractivity contribution in [2.24, 2.45) is 13.0 Å². The van der Waals surface area contributed by atoms with Crippen LogP contribution < -0.4 is 15.2 Å². The minimum Gasteiger partial charge on any atom is -0.478 e. The van der Waals surface area contributed by atoms with Crippen LogP contribution in [0.25, 0.3) is 44.1 Å². The second kappa shape index (κ2) is 15.9. The summed E-state index contributed by atoms with van der Waals surface area (Å²) in [4.78, 5) is 80.4. The second-order valence-corrected chi connectivity index (χ2v) is 14.7. The number of pyridine rings is 3. The summed E-state index contributed by atoms with van der Waals surface area (Å²) < 4.78 is 48.9. The molecule has 0 aliphatic carbocycles. The van der Waals surface area contributed by atoms with E-state index >= 15 is 8.78 Å². The monoisotopic (exact) mass is 821 g/mol. The molecule has 16 nitrogen and oxygen atoms in total. The third-order valence-corrected chi connectivity index (χ3v) is 10.9. The molecule has 6 aromatic rings. The van der Waals surface area contributed by atoms with E-state index in [0.29, 0.717) is 47.7 Å². The van der Waals surface area contributed by atoms with E-state index in [4.69, 9.17) is 19.3 Å². The van der Waals surface area contributed by atoms with E-state index in [1.165, 1.54) is 13.2 Å². The summed E-state index contributed by atoms with van der Waals surface area (Å²) in [5.41, 5.74) is 1.71. The molecule has 1 amide bonds. The van der Waals surface area contributed by atoms with Crippen LogP contribution in [0.15, 0.2) is 78.0 Å². The number of amides is 1. The van der Waals surface area contributed by atoms with Crippen molar-refractivity contribution in [2.45, 2.75) is 19.1 Å². The molecular formula is C42H37F2N7O9. The minimum atomic E-state index is -1.39. The predicted molar refractivity (Wildman–Crippen MR) is 214 cm³/mol. The van der Waals surface area contributed by atoms with Crippen molar-refractivity contribution in [3.05, 3.63) is 106 Å². The number of nitrogens with zero attached hydrogens (tertiary/aromatic N) is 6. The number of hydrogen-bond acceptors (Lipinski definition) is 12. The molecule has 308 valence electrons. The lowest BCUT2D eigenvalue weighted by molar-refractivity contribution is -0.146. The molecule has 2 aromatic carbocycles. The zero-order valence-electron chi connectivity index (χ0n) is 32.5. The lowest BCUT2D eigenvalue weighted by Gasteiger charge is -2.29. The van der Waals surface area contributed by atoms with Gasteiger partial charge in [0.2, 0.25) is 12.2 Å². The number of hydrogen-bond donors (Lipinski definition) is 2. The number of aromatic nitrogens is 4. The first kappa shape index (κ1) is 39.6. The molecule has 6 heterocycles. The average molecular weight is 822 g/mol. The van der Waals surface area contributed by atoms with Gasteiger partial charge in [-0.1, -0.05) is 30.3 Å². The molecule has 8 rings (SSSR count). The van der Waals surface area contributed by atoms with Crippen LogP contribution in [0.1, 0.15) is 22.3 Å². The Morgan fingerprint density at radius 3 is 2.55 bits per heavy atom. The molecule has 2 atom stereocenters. The number of nitrogens with one attached hydrogen (secondary N) is 1. The maximum atomic E-state index is 16.4. The van der Waals surface area contributed by atoms with Crippen LogP contribution >= 0.6 is 0 Å². The van der Waals surface area contributed by atoms with Gasteiger partial charge in [-0.15, -0.1) is 0 Å². The number of likely N-dealkylation sites (tertiary alicyclic amines) is 1. The number of aromatic amines is 1. The zero-order valence-corrected chi connectivity index (χ0v) is 32.5. The lowest BCUT2D eigenvalue weighted by Crippen LogP contribution is -2.35. The molecule has 2 aliphatic rings. The lowest BCUT2D eigenvalue weighted by atomic mass is 9.99. The Morgan fingerprint density at radius 2 is 1.78 bits per heavy atom. The van der Waals surface area contributed by atoms with Gasteiger partial charge in [-0.2, -0.15) is 0 Å².